The van der Waals surface area contributed by atoms with Crippen molar-refractivity contribution in [3.63, 3.8) is 0 Å². The molecule has 2 aromatic carbocycles. The molecule has 3 fully saturated rings. The second-order valence-electron chi connectivity index (χ2n) is 7.66. The van der Waals surface area contributed by atoms with Gasteiger partial charge in [0.2, 0.25) is 11.8 Å². The van der Waals surface area contributed by atoms with E-state index in [0.717, 1.165) is 12.8 Å². The smallest absolute Gasteiger partial charge is 0.239 e. The molecule has 0 radical (unpaired) electrons. The minimum Gasteiger partial charge on any atom is -0.292 e. The molecule has 0 spiro atoms. The van der Waals surface area contributed by atoms with Crippen molar-refractivity contribution in [3.05, 3.63) is 66.0 Å². The van der Waals surface area contributed by atoms with E-state index in [2.05, 4.69) is 0 Å². The van der Waals surface area contributed by atoms with Crippen molar-refractivity contribution in [3.8, 4) is 0 Å². The van der Waals surface area contributed by atoms with Crippen molar-refractivity contribution in [1.82, 2.24) is 4.90 Å². The molecule has 3 heterocycles. The number of hydrogen-bond donors (Lipinski definition) is 0. The fourth-order valence-corrected chi connectivity index (χ4v) is 5.13. The highest BCUT2D eigenvalue weighted by atomic mass is 19.1. The average molecular weight is 378 g/mol. The van der Waals surface area contributed by atoms with Gasteiger partial charge < -0.3 is 0 Å². The number of amides is 2. The van der Waals surface area contributed by atoms with Crippen molar-refractivity contribution in [1.29, 1.82) is 0 Å². The van der Waals surface area contributed by atoms with Gasteiger partial charge in [0.1, 0.15) is 5.82 Å². The van der Waals surface area contributed by atoms with Gasteiger partial charge in [-0.25, -0.2) is 9.29 Å². The SMILES string of the molecule is O=C(c1ccc(F)cc1)[C@H]1[C@H]2C(=O)N(c3ccccc3)C(=O)[C@@H]2[C@H]2CCCN21. The maximum absolute atomic E-state index is 13.3. The molecule has 3 aliphatic rings. The number of halogens is 1. The molecule has 0 saturated carbocycles. The molecular weight excluding hydrogens is 359 g/mol. The van der Waals surface area contributed by atoms with E-state index in [1.54, 1.807) is 24.3 Å². The van der Waals surface area contributed by atoms with Gasteiger partial charge in [-0.05, 0) is 55.8 Å². The third-order valence-corrected chi connectivity index (χ3v) is 6.26. The summed E-state index contributed by atoms with van der Waals surface area (Å²) in [6.45, 7) is 0.696. The van der Waals surface area contributed by atoms with Crippen LogP contribution in [-0.4, -0.2) is 41.1 Å². The lowest BCUT2D eigenvalue weighted by Gasteiger charge is -2.27. The lowest BCUT2D eigenvalue weighted by molar-refractivity contribution is -0.123. The summed E-state index contributed by atoms with van der Waals surface area (Å²) >= 11 is 0. The molecule has 0 N–H and O–H groups in total. The summed E-state index contributed by atoms with van der Waals surface area (Å²) in [5.74, 6) is -2.33. The number of ketones is 1. The van der Waals surface area contributed by atoms with Crippen LogP contribution < -0.4 is 4.90 Å². The number of imide groups is 1. The third kappa shape index (κ3) is 2.37. The monoisotopic (exact) mass is 378 g/mol. The van der Waals surface area contributed by atoms with Gasteiger partial charge in [-0.1, -0.05) is 18.2 Å². The molecule has 142 valence electrons. The van der Waals surface area contributed by atoms with Crippen LogP contribution in [0.1, 0.15) is 23.2 Å². The fourth-order valence-electron chi connectivity index (χ4n) is 5.13. The van der Waals surface area contributed by atoms with E-state index in [1.807, 2.05) is 11.0 Å². The van der Waals surface area contributed by atoms with E-state index >= 15 is 0 Å². The predicted molar refractivity (Wildman–Crippen MR) is 100 cm³/mol. The van der Waals surface area contributed by atoms with Crippen LogP contribution in [0.25, 0.3) is 0 Å². The van der Waals surface area contributed by atoms with E-state index in [4.69, 9.17) is 0 Å². The number of nitrogens with zero attached hydrogens (tertiary/aromatic N) is 2. The lowest BCUT2D eigenvalue weighted by atomic mass is 9.85. The molecule has 0 unspecified atom stereocenters. The fraction of sp³-hybridized carbons (Fsp3) is 0.318. The number of rotatable bonds is 3. The highest BCUT2D eigenvalue weighted by Gasteiger charge is 2.64. The Morgan fingerprint density at radius 3 is 2.32 bits per heavy atom. The molecule has 4 atom stereocenters. The van der Waals surface area contributed by atoms with Crippen molar-refractivity contribution in [2.45, 2.75) is 24.9 Å². The van der Waals surface area contributed by atoms with Crippen LogP contribution in [0, 0.1) is 17.7 Å². The Morgan fingerprint density at radius 1 is 0.929 bits per heavy atom. The average Bonchev–Trinajstić information content (AvgIpc) is 3.35. The number of para-hydroxylation sites is 1. The summed E-state index contributed by atoms with van der Waals surface area (Å²) < 4.78 is 13.3. The van der Waals surface area contributed by atoms with Crippen LogP contribution in [0.2, 0.25) is 0 Å². The topological polar surface area (TPSA) is 57.7 Å². The molecule has 3 aliphatic heterocycles. The maximum Gasteiger partial charge on any atom is 0.239 e. The molecule has 0 bridgehead atoms. The first-order valence-corrected chi connectivity index (χ1v) is 9.56. The standard InChI is InChI=1S/C22H19FN2O3/c23-14-10-8-13(9-11-14)20(26)19-18-17(16-7-4-12-24(16)19)21(27)25(22(18)28)15-5-2-1-3-6-15/h1-3,5-6,8-11,16-19H,4,7,12H2/t16-,17-,18+,19-/m1/s1. The highest BCUT2D eigenvalue weighted by molar-refractivity contribution is 6.24. The first-order valence-electron chi connectivity index (χ1n) is 9.56. The zero-order valence-corrected chi connectivity index (χ0v) is 15.1. The van der Waals surface area contributed by atoms with E-state index < -0.39 is 23.7 Å². The third-order valence-electron chi connectivity index (χ3n) is 6.26. The molecule has 0 aromatic heterocycles. The molecular formula is C22H19FN2O3. The minimum absolute atomic E-state index is 0.0930. The van der Waals surface area contributed by atoms with Gasteiger partial charge in [0.15, 0.2) is 5.78 Å². The number of benzene rings is 2. The number of carbonyl (C=O) groups is 3. The summed E-state index contributed by atoms with van der Waals surface area (Å²) in [7, 11) is 0. The van der Waals surface area contributed by atoms with Crippen LogP contribution in [-0.2, 0) is 9.59 Å². The second-order valence-corrected chi connectivity index (χ2v) is 7.66. The normalized spacial score (nSPS) is 29.2. The van der Waals surface area contributed by atoms with E-state index in [0.29, 0.717) is 17.8 Å². The number of anilines is 1. The molecule has 6 heteroatoms. The Kier molecular flexibility index (Phi) is 3.91. The zero-order valence-electron chi connectivity index (χ0n) is 15.1. The van der Waals surface area contributed by atoms with Gasteiger partial charge in [0, 0.05) is 11.6 Å². The van der Waals surface area contributed by atoms with Gasteiger partial charge in [0.05, 0.1) is 23.6 Å². The van der Waals surface area contributed by atoms with Crippen molar-refractivity contribution in [2.24, 2.45) is 11.8 Å². The van der Waals surface area contributed by atoms with Crippen molar-refractivity contribution >= 4 is 23.3 Å². The van der Waals surface area contributed by atoms with Crippen LogP contribution in [0.5, 0.6) is 0 Å². The van der Waals surface area contributed by atoms with Crippen LogP contribution >= 0.6 is 0 Å². The Labute approximate surface area is 161 Å². The number of hydrogen-bond acceptors (Lipinski definition) is 4. The molecule has 28 heavy (non-hydrogen) atoms. The summed E-state index contributed by atoms with van der Waals surface area (Å²) in [6, 6.07) is 13.5. The van der Waals surface area contributed by atoms with Crippen molar-refractivity contribution < 1.29 is 18.8 Å². The van der Waals surface area contributed by atoms with Crippen LogP contribution in [0.4, 0.5) is 10.1 Å². The summed E-state index contributed by atoms with van der Waals surface area (Å²) in [5, 5.41) is 0. The number of fused-ring (bicyclic) bond motifs is 3. The lowest BCUT2D eigenvalue weighted by Crippen LogP contribution is -2.46. The molecule has 3 saturated heterocycles. The van der Waals surface area contributed by atoms with Gasteiger partial charge in [-0.3, -0.25) is 19.3 Å². The summed E-state index contributed by atoms with van der Waals surface area (Å²) in [4.78, 5) is 43.1. The first-order chi connectivity index (χ1) is 13.6. The Morgan fingerprint density at radius 2 is 1.61 bits per heavy atom. The molecule has 5 nitrogen and oxygen atoms in total. The largest absolute Gasteiger partial charge is 0.292 e. The molecule has 2 amide bonds. The Balaban J connectivity index is 1.55. The predicted octanol–water partition coefficient (Wildman–Crippen LogP) is 2.66. The van der Waals surface area contributed by atoms with Gasteiger partial charge in [-0.2, -0.15) is 0 Å². The summed E-state index contributed by atoms with van der Waals surface area (Å²) in [5.41, 5.74) is 0.917. The Bertz CT molecular complexity index is 960. The van der Waals surface area contributed by atoms with E-state index in [1.165, 1.54) is 29.2 Å². The number of carbonyl (C=O) groups excluding carboxylic acids is 3. The summed E-state index contributed by atoms with van der Waals surface area (Å²) in [6.07, 6.45) is 1.70. The number of Topliss-reactive ketones (excluding diaryl/α,β-unsaturated/α-hetero) is 1. The molecule has 5 rings (SSSR count). The van der Waals surface area contributed by atoms with Gasteiger partial charge >= 0.3 is 0 Å². The van der Waals surface area contributed by atoms with Crippen molar-refractivity contribution in [2.75, 3.05) is 11.4 Å². The van der Waals surface area contributed by atoms with Gasteiger partial charge in [-0.15, -0.1) is 0 Å². The Hall–Kier alpha value is -2.86. The van der Waals surface area contributed by atoms with E-state index in [-0.39, 0.29) is 23.6 Å². The van der Waals surface area contributed by atoms with Crippen LogP contribution in [0.3, 0.4) is 0 Å². The highest BCUT2D eigenvalue weighted by Crippen LogP contribution is 2.48. The molecule has 0 aliphatic carbocycles. The minimum atomic E-state index is -0.685. The maximum atomic E-state index is 13.3. The van der Waals surface area contributed by atoms with Gasteiger partial charge in [0.25, 0.3) is 0 Å². The van der Waals surface area contributed by atoms with E-state index in [9.17, 15) is 18.8 Å². The zero-order chi connectivity index (χ0) is 19.4. The molecule has 2 aromatic rings. The first kappa shape index (κ1) is 17.3. The second kappa shape index (κ2) is 6.34. The van der Waals surface area contributed by atoms with Crippen LogP contribution in [0.15, 0.2) is 54.6 Å². The quantitative estimate of drug-likeness (QED) is 0.609.